The van der Waals surface area contributed by atoms with Gasteiger partial charge in [-0.15, -0.1) is 0 Å². The van der Waals surface area contributed by atoms with Crippen LogP contribution in [0, 0.1) is 18.6 Å². The molecule has 0 bridgehead atoms. The van der Waals surface area contributed by atoms with Crippen LogP contribution in [-0.2, 0) is 4.79 Å². The standard InChI is InChI=1S/C20H17F2N3O4/c1-10-4-5-11-12(7-10)20(29)25(19(11)28)6-2-3-17(26)24-16-8-13(18(23)27)14(21)9-15(16)22/h4-5,7-9H,2-3,6H2,1H3,(H2,23,27)(H,24,26). The van der Waals surface area contributed by atoms with Crippen molar-refractivity contribution in [2.45, 2.75) is 19.8 Å². The van der Waals surface area contributed by atoms with E-state index in [0.29, 0.717) is 17.2 Å². The molecule has 0 aliphatic carbocycles. The van der Waals surface area contributed by atoms with Gasteiger partial charge in [0, 0.05) is 19.0 Å². The van der Waals surface area contributed by atoms with E-state index in [2.05, 4.69) is 5.32 Å². The molecule has 2 aromatic rings. The molecule has 0 saturated carbocycles. The topological polar surface area (TPSA) is 110 Å². The number of aryl methyl sites for hydroxylation is 1. The number of halogens is 2. The van der Waals surface area contributed by atoms with Gasteiger partial charge in [0.2, 0.25) is 5.91 Å². The second kappa shape index (κ2) is 7.78. The summed E-state index contributed by atoms with van der Waals surface area (Å²) in [4.78, 5) is 49.0. The molecule has 0 unspecified atom stereocenters. The number of anilines is 1. The highest BCUT2D eigenvalue weighted by Gasteiger charge is 2.35. The molecule has 4 amide bonds. The first-order valence-electron chi connectivity index (χ1n) is 8.74. The van der Waals surface area contributed by atoms with Crippen molar-refractivity contribution >= 4 is 29.3 Å². The van der Waals surface area contributed by atoms with E-state index in [0.717, 1.165) is 16.5 Å². The van der Waals surface area contributed by atoms with E-state index in [9.17, 15) is 28.0 Å². The highest BCUT2D eigenvalue weighted by atomic mass is 19.1. The van der Waals surface area contributed by atoms with Crippen molar-refractivity contribution in [1.29, 1.82) is 0 Å². The summed E-state index contributed by atoms with van der Waals surface area (Å²) in [7, 11) is 0. The predicted octanol–water partition coefficient (Wildman–Crippen LogP) is 2.39. The van der Waals surface area contributed by atoms with Gasteiger partial charge in [-0.3, -0.25) is 24.1 Å². The van der Waals surface area contributed by atoms with Crippen molar-refractivity contribution in [1.82, 2.24) is 4.90 Å². The molecule has 29 heavy (non-hydrogen) atoms. The van der Waals surface area contributed by atoms with Crippen molar-refractivity contribution in [2.75, 3.05) is 11.9 Å². The van der Waals surface area contributed by atoms with Crippen molar-refractivity contribution < 1.29 is 28.0 Å². The first-order valence-corrected chi connectivity index (χ1v) is 8.74. The zero-order valence-electron chi connectivity index (χ0n) is 15.4. The molecule has 0 saturated heterocycles. The quantitative estimate of drug-likeness (QED) is 0.724. The fourth-order valence-corrected chi connectivity index (χ4v) is 3.05. The van der Waals surface area contributed by atoms with E-state index < -0.39 is 40.8 Å². The number of carbonyl (C=O) groups is 4. The third-order valence-electron chi connectivity index (χ3n) is 4.51. The minimum absolute atomic E-state index is 0.0112. The molecule has 150 valence electrons. The molecular weight excluding hydrogens is 384 g/mol. The van der Waals surface area contributed by atoms with Gasteiger partial charge in [0.15, 0.2) is 0 Å². The van der Waals surface area contributed by atoms with Gasteiger partial charge in [-0.25, -0.2) is 8.78 Å². The largest absolute Gasteiger partial charge is 0.366 e. The Balaban J connectivity index is 1.60. The Morgan fingerprint density at radius 2 is 1.72 bits per heavy atom. The lowest BCUT2D eigenvalue weighted by molar-refractivity contribution is -0.116. The van der Waals surface area contributed by atoms with Crippen LogP contribution in [0.15, 0.2) is 30.3 Å². The van der Waals surface area contributed by atoms with Gasteiger partial charge in [0.1, 0.15) is 11.6 Å². The first-order chi connectivity index (χ1) is 13.7. The summed E-state index contributed by atoms with van der Waals surface area (Å²) >= 11 is 0. The molecule has 9 heteroatoms. The van der Waals surface area contributed by atoms with Crippen LogP contribution in [0.3, 0.4) is 0 Å². The Morgan fingerprint density at radius 1 is 1.03 bits per heavy atom. The minimum Gasteiger partial charge on any atom is -0.366 e. The molecule has 0 fully saturated rings. The molecule has 1 heterocycles. The van der Waals surface area contributed by atoms with Crippen LogP contribution < -0.4 is 11.1 Å². The Hall–Kier alpha value is -3.62. The molecule has 3 rings (SSSR count). The molecule has 7 nitrogen and oxygen atoms in total. The van der Waals surface area contributed by atoms with Crippen LogP contribution in [0.25, 0.3) is 0 Å². The highest BCUT2D eigenvalue weighted by molar-refractivity contribution is 6.21. The van der Waals surface area contributed by atoms with Gasteiger partial charge < -0.3 is 11.1 Å². The average Bonchev–Trinajstić information content (AvgIpc) is 2.88. The highest BCUT2D eigenvalue weighted by Crippen LogP contribution is 2.24. The van der Waals surface area contributed by atoms with Gasteiger partial charge in [0.25, 0.3) is 17.7 Å². The summed E-state index contributed by atoms with van der Waals surface area (Å²) < 4.78 is 27.3. The fourth-order valence-electron chi connectivity index (χ4n) is 3.05. The first kappa shape index (κ1) is 20.1. The van der Waals surface area contributed by atoms with Crippen molar-refractivity contribution in [3.8, 4) is 0 Å². The maximum Gasteiger partial charge on any atom is 0.261 e. The number of rotatable bonds is 6. The Morgan fingerprint density at radius 3 is 2.41 bits per heavy atom. The van der Waals surface area contributed by atoms with Crippen LogP contribution in [0.5, 0.6) is 0 Å². The van der Waals surface area contributed by atoms with E-state index in [1.807, 2.05) is 6.92 Å². The van der Waals surface area contributed by atoms with Gasteiger partial charge in [0.05, 0.1) is 22.4 Å². The van der Waals surface area contributed by atoms with E-state index in [-0.39, 0.29) is 25.1 Å². The summed E-state index contributed by atoms with van der Waals surface area (Å²) in [6.45, 7) is 1.82. The van der Waals surface area contributed by atoms with Crippen LogP contribution in [0.2, 0.25) is 0 Å². The zero-order chi connectivity index (χ0) is 21.3. The Bertz CT molecular complexity index is 1050. The summed E-state index contributed by atoms with van der Waals surface area (Å²) in [6, 6.07) is 6.23. The number of carbonyl (C=O) groups excluding carboxylic acids is 4. The van der Waals surface area contributed by atoms with E-state index in [1.165, 1.54) is 0 Å². The summed E-state index contributed by atoms with van der Waals surface area (Å²) in [6.07, 6.45) is 0.0108. The number of nitrogens with two attached hydrogens (primary N) is 1. The molecule has 1 aliphatic rings. The summed E-state index contributed by atoms with van der Waals surface area (Å²) in [5.74, 6) is -4.77. The SMILES string of the molecule is Cc1ccc2c(c1)C(=O)N(CCCC(=O)Nc1cc(C(N)=O)c(F)cc1F)C2=O. The second-order valence-electron chi connectivity index (χ2n) is 6.64. The van der Waals surface area contributed by atoms with Crippen molar-refractivity contribution in [3.05, 3.63) is 64.2 Å². The second-order valence-corrected chi connectivity index (χ2v) is 6.64. The lowest BCUT2D eigenvalue weighted by Gasteiger charge is -2.13. The van der Waals surface area contributed by atoms with Gasteiger partial charge in [-0.2, -0.15) is 0 Å². The van der Waals surface area contributed by atoms with Crippen molar-refractivity contribution in [3.63, 3.8) is 0 Å². The number of nitrogens with one attached hydrogen (secondary N) is 1. The predicted molar refractivity (Wildman–Crippen MR) is 99.3 cm³/mol. The number of amides is 4. The van der Waals surface area contributed by atoms with E-state index in [4.69, 9.17) is 5.73 Å². The maximum absolute atomic E-state index is 13.8. The number of hydrogen-bond acceptors (Lipinski definition) is 4. The molecular formula is C20H17F2N3O4. The Kier molecular flexibility index (Phi) is 5.40. The van der Waals surface area contributed by atoms with Crippen LogP contribution in [0.1, 0.15) is 49.5 Å². The van der Waals surface area contributed by atoms with Crippen molar-refractivity contribution in [2.24, 2.45) is 5.73 Å². The van der Waals surface area contributed by atoms with Gasteiger partial charge >= 0.3 is 0 Å². The van der Waals surface area contributed by atoms with Crippen LogP contribution >= 0.6 is 0 Å². The Labute approximate surface area is 164 Å². The lowest BCUT2D eigenvalue weighted by Crippen LogP contribution is -2.31. The molecule has 0 spiro atoms. The lowest BCUT2D eigenvalue weighted by atomic mass is 10.1. The molecule has 2 aromatic carbocycles. The number of nitrogens with zero attached hydrogens (tertiary/aromatic N) is 1. The number of hydrogen-bond donors (Lipinski definition) is 2. The molecule has 0 atom stereocenters. The molecule has 0 radical (unpaired) electrons. The minimum atomic E-state index is -1.13. The number of imide groups is 1. The van der Waals surface area contributed by atoms with E-state index >= 15 is 0 Å². The van der Waals surface area contributed by atoms with Gasteiger partial charge in [-0.1, -0.05) is 11.6 Å². The third-order valence-corrected chi connectivity index (χ3v) is 4.51. The average molecular weight is 401 g/mol. The number of benzene rings is 2. The third kappa shape index (κ3) is 3.98. The molecule has 3 N–H and O–H groups in total. The monoisotopic (exact) mass is 401 g/mol. The van der Waals surface area contributed by atoms with E-state index in [1.54, 1.807) is 18.2 Å². The van der Waals surface area contributed by atoms with Gasteiger partial charge in [-0.05, 0) is 31.5 Å². The zero-order valence-corrected chi connectivity index (χ0v) is 15.4. The maximum atomic E-state index is 13.8. The molecule has 1 aliphatic heterocycles. The smallest absolute Gasteiger partial charge is 0.261 e. The fraction of sp³-hybridized carbons (Fsp3) is 0.200. The van der Waals surface area contributed by atoms with Crippen LogP contribution in [0.4, 0.5) is 14.5 Å². The van der Waals surface area contributed by atoms with Crippen LogP contribution in [-0.4, -0.2) is 35.1 Å². The summed E-state index contributed by atoms with van der Waals surface area (Å²) in [5, 5.41) is 2.23. The number of fused-ring (bicyclic) bond motifs is 1. The summed E-state index contributed by atoms with van der Waals surface area (Å²) in [5.41, 5.74) is 5.55. The normalized spacial score (nSPS) is 12.9. The number of primary amides is 1. The molecule has 0 aromatic heterocycles.